The molecule has 0 bridgehead atoms. The van der Waals surface area contributed by atoms with Crippen LogP contribution >= 0.6 is 0 Å². The number of primary amides is 1. The van der Waals surface area contributed by atoms with Crippen LogP contribution in [0.4, 0.5) is 0 Å². The molecule has 0 aromatic carbocycles. The number of hydrogen-bond donors (Lipinski definition) is 1. The lowest BCUT2D eigenvalue weighted by molar-refractivity contribution is -0.119. The molecule has 0 aromatic rings. The minimum absolute atomic E-state index is 0.122. The zero-order valence-corrected chi connectivity index (χ0v) is 10.9. The maximum absolute atomic E-state index is 10.8. The van der Waals surface area contributed by atoms with Gasteiger partial charge in [-0.25, -0.2) is 0 Å². The molecule has 1 rings (SSSR count). The molecule has 0 spiro atoms. The van der Waals surface area contributed by atoms with Crippen molar-refractivity contribution in [2.24, 2.45) is 23.5 Å². The van der Waals surface area contributed by atoms with E-state index >= 15 is 0 Å². The first kappa shape index (κ1) is 13.5. The fourth-order valence-electron chi connectivity index (χ4n) is 2.73. The van der Waals surface area contributed by atoms with Gasteiger partial charge in [-0.2, -0.15) is 0 Å². The van der Waals surface area contributed by atoms with Gasteiger partial charge in [-0.3, -0.25) is 4.79 Å². The molecule has 0 aromatic heterocycles. The molecule has 1 aliphatic carbocycles. The number of hydrogen-bond acceptors (Lipinski definition) is 1. The van der Waals surface area contributed by atoms with Gasteiger partial charge in [0, 0.05) is 6.42 Å². The molecule has 1 unspecified atom stereocenters. The maximum Gasteiger partial charge on any atom is 0.217 e. The first-order chi connectivity index (χ1) is 7.61. The third kappa shape index (κ3) is 5.00. The van der Waals surface area contributed by atoms with Crippen LogP contribution in [0, 0.1) is 17.8 Å². The van der Waals surface area contributed by atoms with E-state index in [4.69, 9.17) is 5.73 Å². The molecule has 0 heterocycles. The monoisotopic (exact) mass is 225 g/mol. The first-order valence-electron chi connectivity index (χ1n) is 6.90. The number of rotatable bonds is 6. The van der Waals surface area contributed by atoms with Gasteiger partial charge in [-0.1, -0.05) is 46.0 Å². The summed E-state index contributed by atoms with van der Waals surface area (Å²) in [6.45, 7) is 4.62. The van der Waals surface area contributed by atoms with E-state index in [1.807, 2.05) is 0 Å². The number of carbonyl (C=O) groups excluding carboxylic acids is 1. The third-order valence-corrected chi connectivity index (χ3v) is 4.22. The minimum Gasteiger partial charge on any atom is -0.370 e. The summed E-state index contributed by atoms with van der Waals surface area (Å²) in [6.07, 6.45) is 9.74. The molecule has 94 valence electrons. The summed E-state index contributed by atoms with van der Waals surface area (Å²) >= 11 is 0. The van der Waals surface area contributed by atoms with Crippen LogP contribution in [-0.2, 0) is 4.79 Å². The second kappa shape index (κ2) is 6.93. The van der Waals surface area contributed by atoms with Crippen molar-refractivity contribution < 1.29 is 4.79 Å². The maximum atomic E-state index is 10.8. The average Bonchev–Trinajstić information content (AvgIpc) is 2.27. The lowest BCUT2D eigenvalue weighted by Gasteiger charge is -2.28. The molecule has 1 fully saturated rings. The van der Waals surface area contributed by atoms with Crippen LogP contribution in [0.25, 0.3) is 0 Å². The van der Waals surface area contributed by atoms with Gasteiger partial charge in [0.1, 0.15) is 0 Å². The molecule has 0 saturated heterocycles. The van der Waals surface area contributed by atoms with Gasteiger partial charge in [-0.05, 0) is 30.6 Å². The molecular formula is C14H27NO. The predicted molar refractivity (Wildman–Crippen MR) is 67.9 cm³/mol. The van der Waals surface area contributed by atoms with Crippen LogP contribution in [0.2, 0.25) is 0 Å². The molecule has 1 amide bonds. The van der Waals surface area contributed by atoms with Crippen LogP contribution in [0.15, 0.2) is 0 Å². The summed E-state index contributed by atoms with van der Waals surface area (Å²) in [5.41, 5.74) is 5.24. The minimum atomic E-state index is -0.122. The summed E-state index contributed by atoms with van der Waals surface area (Å²) in [6, 6.07) is 0. The van der Waals surface area contributed by atoms with Crippen LogP contribution in [-0.4, -0.2) is 5.91 Å². The zero-order chi connectivity index (χ0) is 12.0. The topological polar surface area (TPSA) is 43.1 Å². The number of nitrogens with two attached hydrogens (primary N) is 1. The average molecular weight is 225 g/mol. The summed E-state index contributed by atoms with van der Waals surface area (Å²) in [4.78, 5) is 10.8. The van der Waals surface area contributed by atoms with Crippen LogP contribution < -0.4 is 5.73 Å². The molecule has 1 atom stereocenters. The number of amides is 1. The Bertz CT molecular complexity index is 207. The van der Waals surface area contributed by atoms with Crippen molar-refractivity contribution >= 4 is 5.91 Å². The molecule has 1 saturated carbocycles. The quantitative estimate of drug-likeness (QED) is 0.738. The van der Waals surface area contributed by atoms with Crippen LogP contribution in [0.3, 0.4) is 0 Å². The Morgan fingerprint density at radius 1 is 1.25 bits per heavy atom. The molecule has 16 heavy (non-hydrogen) atoms. The van der Waals surface area contributed by atoms with Crippen molar-refractivity contribution in [1.82, 2.24) is 0 Å². The van der Waals surface area contributed by atoms with E-state index in [0.717, 1.165) is 11.8 Å². The zero-order valence-electron chi connectivity index (χ0n) is 10.9. The standard InChI is InChI=1S/C14H27NO/c1-3-11(2)4-5-12-6-8-13(9-7-12)10-14(15)16/h11-13H,3-10H2,1-2H3,(H2,15,16). The Morgan fingerprint density at radius 2 is 1.81 bits per heavy atom. The van der Waals surface area contributed by atoms with Gasteiger partial charge in [0.15, 0.2) is 0 Å². The Hall–Kier alpha value is -0.530. The predicted octanol–water partition coefficient (Wildman–Crippen LogP) is 3.49. The summed E-state index contributed by atoms with van der Waals surface area (Å²) in [5.74, 6) is 2.25. The van der Waals surface area contributed by atoms with Crippen molar-refractivity contribution in [2.75, 3.05) is 0 Å². The SMILES string of the molecule is CCC(C)CCC1CCC(CC(N)=O)CC1. The normalized spacial score (nSPS) is 27.6. The fraction of sp³-hybridized carbons (Fsp3) is 0.929. The van der Waals surface area contributed by atoms with Crippen LogP contribution in [0.1, 0.15) is 65.2 Å². The molecule has 2 nitrogen and oxygen atoms in total. The lowest BCUT2D eigenvalue weighted by Crippen LogP contribution is -2.21. The van der Waals surface area contributed by atoms with E-state index in [2.05, 4.69) is 13.8 Å². The molecular weight excluding hydrogens is 198 g/mol. The van der Waals surface area contributed by atoms with Crippen molar-refractivity contribution in [2.45, 2.75) is 65.2 Å². The second-order valence-electron chi connectivity index (χ2n) is 5.65. The van der Waals surface area contributed by atoms with E-state index in [1.54, 1.807) is 0 Å². The summed E-state index contributed by atoms with van der Waals surface area (Å²) < 4.78 is 0. The summed E-state index contributed by atoms with van der Waals surface area (Å²) in [7, 11) is 0. The largest absolute Gasteiger partial charge is 0.370 e. The van der Waals surface area contributed by atoms with E-state index in [1.165, 1.54) is 44.9 Å². The first-order valence-corrected chi connectivity index (χ1v) is 6.90. The highest BCUT2D eigenvalue weighted by molar-refractivity contribution is 5.73. The Kier molecular flexibility index (Phi) is 5.86. The van der Waals surface area contributed by atoms with E-state index in [0.29, 0.717) is 12.3 Å². The third-order valence-electron chi connectivity index (χ3n) is 4.22. The molecule has 2 heteroatoms. The molecule has 0 radical (unpaired) electrons. The highest BCUT2D eigenvalue weighted by atomic mass is 16.1. The van der Waals surface area contributed by atoms with Crippen molar-refractivity contribution in [1.29, 1.82) is 0 Å². The lowest BCUT2D eigenvalue weighted by atomic mass is 9.78. The van der Waals surface area contributed by atoms with E-state index in [-0.39, 0.29) is 5.91 Å². The smallest absolute Gasteiger partial charge is 0.217 e. The number of carbonyl (C=O) groups is 1. The van der Waals surface area contributed by atoms with Crippen molar-refractivity contribution in [3.63, 3.8) is 0 Å². The molecule has 0 aliphatic heterocycles. The fourth-order valence-corrected chi connectivity index (χ4v) is 2.73. The van der Waals surface area contributed by atoms with Crippen molar-refractivity contribution in [3.05, 3.63) is 0 Å². The van der Waals surface area contributed by atoms with Gasteiger partial charge in [0.2, 0.25) is 5.91 Å². The molecule has 2 N–H and O–H groups in total. The van der Waals surface area contributed by atoms with Crippen LogP contribution in [0.5, 0.6) is 0 Å². The van der Waals surface area contributed by atoms with Gasteiger partial charge in [0.25, 0.3) is 0 Å². The van der Waals surface area contributed by atoms with Gasteiger partial charge >= 0.3 is 0 Å². The molecule has 1 aliphatic rings. The Morgan fingerprint density at radius 3 is 2.31 bits per heavy atom. The van der Waals surface area contributed by atoms with E-state index in [9.17, 15) is 4.79 Å². The highest BCUT2D eigenvalue weighted by Crippen LogP contribution is 2.33. The highest BCUT2D eigenvalue weighted by Gasteiger charge is 2.22. The second-order valence-corrected chi connectivity index (χ2v) is 5.65. The van der Waals surface area contributed by atoms with Crippen molar-refractivity contribution in [3.8, 4) is 0 Å². The van der Waals surface area contributed by atoms with Gasteiger partial charge in [-0.15, -0.1) is 0 Å². The van der Waals surface area contributed by atoms with Gasteiger partial charge in [0.05, 0.1) is 0 Å². The van der Waals surface area contributed by atoms with E-state index < -0.39 is 0 Å². The Labute approximate surface area is 100.0 Å². The Balaban J connectivity index is 2.14. The summed E-state index contributed by atoms with van der Waals surface area (Å²) in [5, 5.41) is 0. The van der Waals surface area contributed by atoms with Gasteiger partial charge < -0.3 is 5.73 Å².